The molecule has 1 amide bonds. The highest BCUT2D eigenvalue weighted by molar-refractivity contribution is 7.99. The van der Waals surface area contributed by atoms with Gasteiger partial charge in [0.05, 0.1) is 29.8 Å². The van der Waals surface area contributed by atoms with E-state index in [4.69, 9.17) is 0 Å². The third-order valence-electron chi connectivity index (χ3n) is 6.07. The van der Waals surface area contributed by atoms with Gasteiger partial charge in [-0.2, -0.15) is 0 Å². The molecule has 0 spiro atoms. The molecule has 5 rings (SSSR count). The van der Waals surface area contributed by atoms with E-state index in [0.717, 1.165) is 35.1 Å². The van der Waals surface area contributed by atoms with E-state index in [1.165, 1.54) is 11.8 Å². The molecule has 9 heteroatoms. The smallest absolute Gasteiger partial charge is 0.237 e. The standard InChI is InChI=1S/C24H26N4O3S2/c29-22(28(20-9-5-2-6-10-20)21-13-14-33(30,31)17-21)16-32-24-26-25-23(19-11-12-19)27(24)15-18-7-3-1-4-8-18/h1-10,19,21H,11-17H2/t21-/m1/s1. The van der Waals surface area contributed by atoms with Crippen molar-refractivity contribution in [2.45, 2.75) is 42.9 Å². The molecule has 2 aliphatic rings. The number of benzene rings is 2. The van der Waals surface area contributed by atoms with Gasteiger partial charge >= 0.3 is 0 Å². The molecule has 0 radical (unpaired) electrons. The summed E-state index contributed by atoms with van der Waals surface area (Å²) in [5, 5.41) is 9.57. The number of sulfone groups is 1. The molecule has 2 fully saturated rings. The number of aromatic nitrogens is 3. The highest BCUT2D eigenvalue weighted by Crippen LogP contribution is 2.40. The third-order valence-corrected chi connectivity index (χ3v) is 8.77. The van der Waals surface area contributed by atoms with Crippen molar-refractivity contribution in [2.24, 2.45) is 0 Å². The van der Waals surface area contributed by atoms with Gasteiger partial charge in [0.1, 0.15) is 5.82 Å². The topological polar surface area (TPSA) is 85.2 Å². The Kier molecular flexibility index (Phi) is 6.25. The van der Waals surface area contributed by atoms with Gasteiger partial charge in [-0.3, -0.25) is 4.79 Å². The van der Waals surface area contributed by atoms with Crippen LogP contribution in [-0.4, -0.2) is 52.4 Å². The molecule has 1 aliphatic carbocycles. The van der Waals surface area contributed by atoms with Gasteiger partial charge < -0.3 is 9.47 Å². The summed E-state index contributed by atoms with van der Waals surface area (Å²) in [7, 11) is -3.12. The minimum atomic E-state index is -3.12. The number of hydrogen-bond acceptors (Lipinski definition) is 6. The lowest BCUT2D eigenvalue weighted by atomic mass is 10.2. The van der Waals surface area contributed by atoms with Crippen molar-refractivity contribution in [3.8, 4) is 0 Å². The SMILES string of the molecule is O=C(CSc1nnc(C2CC2)n1Cc1ccccc1)N(c1ccccc1)[C@@H]1CCS(=O)(=O)C1. The summed E-state index contributed by atoms with van der Waals surface area (Å²) in [4.78, 5) is 15.1. The first kappa shape index (κ1) is 22.2. The zero-order valence-corrected chi connectivity index (χ0v) is 19.8. The monoisotopic (exact) mass is 482 g/mol. The molecule has 0 unspecified atom stereocenters. The summed E-state index contributed by atoms with van der Waals surface area (Å²) < 4.78 is 26.3. The van der Waals surface area contributed by atoms with Crippen molar-refractivity contribution in [3.05, 3.63) is 72.1 Å². The van der Waals surface area contributed by atoms with Gasteiger partial charge in [0, 0.05) is 11.6 Å². The quantitative estimate of drug-likeness (QED) is 0.457. The van der Waals surface area contributed by atoms with Crippen LogP contribution in [0.2, 0.25) is 0 Å². The number of carbonyl (C=O) groups excluding carboxylic acids is 1. The van der Waals surface area contributed by atoms with Gasteiger partial charge in [-0.05, 0) is 37.0 Å². The molecule has 3 aromatic rings. The molecule has 1 saturated heterocycles. The predicted molar refractivity (Wildman–Crippen MR) is 129 cm³/mol. The van der Waals surface area contributed by atoms with Crippen LogP contribution in [0.1, 0.15) is 36.6 Å². The van der Waals surface area contributed by atoms with E-state index in [0.29, 0.717) is 18.9 Å². The van der Waals surface area contributed by atoms with E-state index >= 15 is 0 Å². The minimum Gasteiger partial charge on any atom is -0.308 e. The van der Waals surface area contributed by atoms with E-state index in [1.54, 1.807) is 4.90 Å². The second kappa shape index (κ2) is 9.30. The van der Waals surface area contributed by atoms with Gasteiger partial charge in [-0.15, -0.1) is 10.2 Å². The summed E-state index contributed by atoms with van der Waals surface area (Å²) in [5.41, 5.74) is 1.89. The zero-order chi connectivity index (χ0) is 22.8. The maximum Gasteiger partial charge on any atom is 0.237 e. The molecule has 33 heavy (non-hydrogen) atoms. The van der Waals surface area contributed by atoms with Crippen molar-refractivity contribution in [3.63, 3.8) is 0 Å². The molecular formula is C24H26N4O3S2. The number of hydrogen-bond donors (Lipinski definition) is 0. The van der Waals surface area contributed by atoms with Crippen molar-refractivity contribution in [1.82, 2.24) is 14.8 Å². The first-order chi connectivity index (χ1) is 16.0. The van der Waals surface area contributed by atoms with Gasteiger partial charge in [0.2, 0.25) is 5.91 Å². The molecule has 172 valence electrons. The summed E-state index contributed by atoms with van der Waals surface area (Å²) >= 11 is 1.37. The van der Waals surface area contributed by atoms with Crippen molar-refractivity contribution in [1.29, 1.82) is 0 Å². The van der Waals surface area contributed by atoms with Crippen LogP contribution in [0.5, 0.6) is 0 Å². The summed E-state index contributed by atoms with van der Waals surface area (Å²) in [5.74, 6) is 1.61. The molecule has 1 atom stereocenters. The molecule has 2 aromatic carbocycles. The predicted octanol–water partition coefficient (Wildman–Crippen LogP) is 3.52. The molecule has 2 heterocycles. The molecule has 0 N–H and O–H groups in total. The second-order valence-corrected chi connectivity index (χ2v) is 11.8. The average Bonchev–Trinajstić information content (AvgIpc) is 3.49. The summed E-state index contributed by atoms with van der Waals surface area (Å²) in [6, 6.07) is 19.2. The van der Waals surface area contributed by atoms with Crippen LogP contribution in [-0.2, 0) is 21.2 Å². The largest absolute Gasteiger partial charge is 0.308 e. The average molecular weight is 483 g/mol. The number of thioether (sulfide) groups is 1. The van der Waals surface area contributed by atoms with Gasteiger partial charge in [-0.25, -0.2) is 8.42 Å². The fourth-order valence-electron chi connectivity index (χ4n) is 4.29. The molecule has 1 aliphatic heterocycles. The zero-order valence-electron chi connectivity index (χ0n) is 18.2. The lowest BCUT2D eigenvalue weighted by Gasteiger charge is -2.28. The first-order valence-electron chi connectivity index (χ1n) is 11.2. The maximum absolute atomic E-state index is 13.4. The highest BCUT2D eigenvalue weighted by Gasteiger charge is 2.36. The number of rotatable bonds is 8. The maximum atomic E-state index is 13.4. The van der Waals surface area contributed by atoms with E-state index in [1.807, 2.05) is 48.5 Å². The molecular weight excluding hydrogens is 456 g/mol. The van der Waals surface area contributed by atoms with Gasteiger partial charge in [0.15, 0.2) is 15.0 Å². The van der Waals surface area contributed by atoms with E-state index in [-0.39, 0.29) is 29.2 Å². The van der Waals surface area contributed by atoms with Crippen molar-refractivity contribution in [2.75, 3.05) is 22.2 Å². The summed E-state index contributed by atoms with van der Waals surface area (Å²) in [6.07, 6.45) is 2.70. The van der Waals surface area contributed by atoms with E-state index in [9.17, 15) is 13.2 Å². The minimum absolute atomic E-state index is 0.00825. The van der Waals surface area contributed by atoms with Gasteiger partial charge in [-0.1, -0.05) is 60.3 Å². The van der Waals surface area contributed by atoms with Crippen LogP contribution < -0.4 is 4.90 Å². The molecule has 0 bridgehead atoms. The Morgan fingerprint density at radius 1 is 1.00 bits per heavy atom. The van der Waals surface area contributed by atoms with Crippen LogP contribution in [0.3, 0.4) is 0 Å². The molecule has 7 nitrogen and oxygen atoms in total. The van der Waals surface area contributed by atoms with Crippen LogP contribution in [0.25, 0.3) is 0 Å². The lowest BCUT2D eigenvalue weighted by Crippen LogP contribution is -2.42. The second-order valence-electron chi connectivity index (χ2n) is 8.63. The molecule has 1 aromatic heterocycles. The fourth-order valence-corrected chi connectivity index (χ4v) is 6.79. The number of carbonyl (C=O) groups is 1. The van der Waals surface area contributed by atoms with Crippen LogP contribution in [0.15, 0.2) is 65.8 Å². The van der Waals surface area contributed by atoms with Crippen molar-refractivity contribution >= 4 is 33.2 Å². The fraction of sp³-hybridized carbons (Fsp3) is 0.375. The molecule has 1 saturated carbocycles. The number of nitrogens with zero attached hydrogens (tertiary/aromatic N) is 4. The van der Waals surface area contributed by atoms with Crippen LogP contribution in [0, 0.1) is 0 Å². The normalized spacial score (nSPS) is 19.5. The summed E-state index contributed by atoms with van der Waals surface area (Å²) in [6.45, 7) is 0.666. The number of amides is 1. The first-order valence-corrected chi connectivity index (χ1v) is 14.0. The van der Waals surface area contributed by atoms with Crippen molar-refractivity contribution < 1.29 is 13.2 Å². The van der Waals surface area contributed by atoms with E-state index < -0.39 is 9.84 Å². The Hall–Kier alpha value is -2.65. The Morgan fingerprint density at radius 2 is 1.70 bits per heavy atom. The van der Waals surface area contributed by atoms with E-state index in [2.05, 4.69) is 26.9 Å². The third kappa shape index (κ3) is 5.14. The van der Waals surface area contributed by atoms with Crippen LogP contribution >= 0.6 is 11.8 Å². The number of anilines is 1. The van der Waals surface area contributed by atoms with Crippen LogP contribution in [0.4, 0.5) is 5.69 Å². The number of para-hydroxylation sites is 1. The Labute approximate surface area is 198 Å². The Morgan fingerprint density at radius 3 is 2.33 bits per heavy atom. The lowest BCUT2D eigenvalue weighted by molar-refractivity contribution is -0.116. The Bertz CT molecular complexity index is 1230. The van der Waals surface area contributed by atoms with Gasteiger partial charge in [0.25, 0.3) is 0 Å². The Balaban J connectivity index is 1.36. The highest BCUT2D eigenvalue weighted by atomic mass is 32.2.